The van der Waals surface area contributed by atoms with Crippen molar-refractivity contribution < 1.29 is 9.59 Å². The molecule has 1 aliphatic rings. The van der Waals surface area contributed by atoms with Crippen molar-refractivity contribution in [2.45, 2.75) is 51.5 Å². The monoisotopic (exact) mass is 303 g/mol. The van der Waals surface area contributed by atoms with E-state index in [0.29, 0.717) is 5.71 Å². The van der Waals surface area contributed by atoms with E-state index in [1.807, 2.05) is 0 Å². The summed E-state index contributed by atoms with van der Waals surface area (Å²) in [5, 5.41) is 6.94. The van der Waals surface area contributed by atoms with Gasteiger partial charge in [0.25, 0.3) is 5.91 Å². The van der Waals surface area contributed by atoms with Crippen molar-refractivity contribution in [3.63, 3.8) is 0 Å². The third-order valence-corrected chi connectivity index (χ3v) is 3.53. The summed E-state index contributed by atoms with van der Waals surface area (Å²) in [6.07, 6.45) is 10.1. The Hall–Kier alpha value is -2.31. The number of nitrogens with zero attached hydrogens (tertiary/aromatic N) is 3. The fourth-order valence-corrected chi connectivity index (χ4v) is 2.42. The van der Waals surface area contributed by atoms with Gasteiger partial charge in [-0.1, -0.05) is 19.3 Å². The van der Waals surface area contributed by atoms with Crippen LogP contribution in [0.25, 0.3) is 0 Å². The minimum atomic E-state index is -0.444. The summed E-state index contributed by atoms with van der Waals surface area (Å²) in [6, 6.07) is 0.281. The standard InChI is InChI=1S/C15H21N5O2/c1-11(9-14(21)18-12-5-3-2-4-6-12)19-20-15(22)13-10-16-7-8-17-13/h7-8,10,12H,2-6,9H2,1H3,(H,18,21)(H,20,22)/b19-11+. The summed E-state index contributed by atoms with van der Waals surface area (Å²) in [7, 11) is 0. The van der Waals surface area contributed by atoms with Gasteiger partial charge in [0.05, 0.1) is 12.6 Å². The summed E-state index contributed by atoms with van der Waals surface area (Å²) in [4.78, 5) is 31.3. The number of aromatic nitrogens is 2. The predicted molar refractivity (Wildman–Crippen MR) is 82.2 cm³/mol. The van der Waals surface area contributed by atoms with Gasteiger partial charge in [-0.3, -0.25) is 14.6 Å². The van der Waals surface area contributed by atoms with Crippen molar-refractivity contribution in [1.29, 1.82) is 0 Å². The number of amides is 2. The molecule has 2 rings (SSSR count). The molecule has 2 N–H and O–H groups in total. The first-order valence-electron chi connectivity index (χ1n) is 7.54. The molecule has 0 radical (unpaired) electrons. The van der Waals surface area contributed by atoms with E-state index in [4.69, 9.17) is 0 Å². The van der Waals surface area contributed by atoms with Crippen LogP contribution >= 0.6 is 0 Å². The Kier molecular flexibility index (Phi) is 6.00. The number of rotatable bonds is 5. The molecule has 1 heterocycles. The highest BCUT2D eigenvalue weighted by atomic mass is 16.2. The molecule has 1 saturated carbocycles. The average Bonchev–Trinajstić information content (AvgIpc) is 2.54. The summed E-state index contributed by atoms with van der Waals surface area (Å²) in [6.45, 7) is 1.71. The molecule has 0 unspecified atom stereocenters. The average molecular weight is 303 g/mol. The van der Waals surface area contributed by atoms with Crippen molar-refractivity contribution in [3.05, 3.63) is 24.3 Å². The minimum Gasteiger partial charge on any atom is -0.353 e. The molecule has 7 nitrogen and oxygen atoms in total. The fraction of sp³-hybridized carbons (Fsp3) is 0.533. The fourth-order valence-electron chi connectivity index (χ4n) is 2.42. The lowest BCUT2D eigenvalue weighted by Gasteiger charge is -2.22. The van der Waals surface area contributed by atoms with Gasteiger partial charge in [-0.25, -0.2) is 10.4 Å². The number of hydrogen-bond donors (Lipinski definition) is 2. The Morgan fingerprint density at radius 2 is 2.05 bits per heavy atom. The molecule has 22 heavy (non-hydrogen) atoms. The highest BCUT2D eigenvalue weighted by Gasteiger charge is 2.16. The summed E-state index contributed by atoms with van der Waals surface area (Å²) in [5.74, 6) is -0.498. The molecule has 7 heteroatoms. The van der Waals surface area contributed by atoms with Crippen LogP contribution in [0.5, 0.6) is 0 Å². The topological polar surface area (TPSA) is 96.3 Å². The van der Waals surface area contributed by atoms with Crippen molar-refractivity contribution in [1.82, 2.24) is 20.7 Å². The van der Waals surface area contributed by atoms with E-state index in [9.17, 15) is 9.59 Å². The van der Waals surface area contributed by atoms with Crippen LogP contribution in [0, 0.1) is 0 Å². The molecule has 0 saturated heterocycles. The third kappa shape index (κ3) is 5.23. The van der Waals surface area contributed by atoms with Gasteiger partial charge in [0, 0.05) is 24.1 Å². The van der Waals surface area contributed by atoms with Gasteiger partial charge in [0.15, 0.2) is 0 Å². The smallest absolute Gasteiger partial charge is 0.291 e. The van der Waals surface area contributed by atoms with Crippen molar-refractivity contribution in [3.8, 4) is 0 Å². The van der Waals surface area contributed by atoms with Gasteiger partial charge in [0.1, 0.15) is 5.69 Å². The van der Waals surface area contributed by atoms with E-state index in [1.165, 1.54) is 37.9 Å². The third-order valence-electron chi connectivity index (χ3n) is 3.53. The maximum absolute atomic E-state index is 11.9. The van der Waals surface area contributed by atoms with Gasteiger partial charge in [0.2, 0.25) is 5.91 Å². The SMILES string of the molecule is C/C(CC(=O)NC1CCCCC1)=N\NC(=O)c1cnccn1. The lowest BCUT2D eigenvalue weighted by Crippen LogP contribution is -2.37. The van der Waals surface area contributed by atoms with Crippen LogP contribution in [0.3, 0.4) is 0 Å². The van der Waals surface area contributed by atoms with Crippen molar-refractivity contribution >= 4 is 17.5 Å². The zero-order chi connectivity index (χ0) is 15.8. The van der Waals surface area contributed by atoms with E-state index in [1.54, 1.807) is 6.92 Å². The lowest BCUT2D eigenvalue weighted by atomic mass is 9.95. The number of carbonyl (C=O) groups excluding carboxylic acids is 2. The maximum atomic E-state index is 11.9. The molecule has 0 aromatic carbocycles. The van der Waals surface area contributed by atoms with Crippen LogP contribution in [-0.2, 0) is 4.79 Å². The van der Waals surface area contributed by atoms with Crippen molar-refractivity contribution in [2.24, 2.45) is 5.10 Å². The van der Waals surface area contributed by atoms with Gasteiger partial charge in [-0.05, 0) is 19.8 Å². The van der Waals surface area contributed by atoms with Crippen LogP contribution < -0.4 is 10.7 Å². The normalized spacial score (nSPS) is 16.1. The molecule has 0 bridgehead atoms. The second-order valence-electron chi connectivity index (χ2n) is 5.46. The molecule has 1 aliphatic carbocycles. The molecule has 118 valence electrons. The molecular weight excluding hydrogens is 282 g/mol. The van der Waals surface area contributed by atoms with Crippen LogP contribution in [-0.4, -0.2) is 33.5 Å². The second kappa shape index (κ2) is 8.21. The Labute approximate surface area is 129 Å². The van der Waals surface area contributed by atoms with Crippen molar-refractivity contribution in [2.75, 3.05) is 0 Å². The highest BCUT2D eigenvalue weighted by molar-refractivity contribution is 6.00. The first kappa shape index (κ1) is 16.1. The summed E-state index contributed by atoms with van der Waals surface area (Å²) in [5.41, 5.74) is 3.11. The molecule has 0 aliphatic heterocycles. The number of carbonyl (C=O) groups is 2. The Morgan fingerprint density at radius 1 is 1.27 bits per heavy atom. The van der Waals surface area contributed by atoms with Crippen LogP contribution in [0.15, 0.2) is 23.7 Å². The van der Waals surface area contributed by atoms with E-state index in [2.05, 4.69) is 25.8 Å². The molecule has 1 aromatic heterocycles. The Bertz CT molecular complexity index is 538. The first-order chi connectivity index (χ1) is 10.6. The highest BCUT2D eigenvalue weighted by Crippen LogP contribution is 2.17. The van der Waals surface area contributed by atoms with E-state index in [-0.39, 0.29) is 24.1 Å². The molecule has 1 fully saturated rings. The first-order valence-corrected chi connectivity index (χ1v) is 7.54. The number of hydrogen-bond acceptors (Lipinski definition) is 5. The summed E-state index contributed by atoms with van der Waals surface area (Å²) < 4.78 is 0. The van der Waals surface area contributed by atoms with Gasteiger partial charge in [-0.15, -0.1) is 0 Å². The van der Waals surface area contributed by atoms with Gasteiger partial charge < -0.3 is 5.32 Å². The zero-order valence-electron chi connectivity index (χ0n) is 12.7. The number of hydrazone groups is 1. The zero-order valence-corrected chi connectivity index (χ0v) is 12.7. The number of nitrogens with one attached hydrogen (secondary N) is 2. The molecule has 1 aromatic rings. The van der Waals surface area contributed by atoms with Gasteiger partial charge >= 0.3 is 0 Å². The molecular formula is C15H21N5O2. The largest absolute Gasteiger partial charge is 0.353 e. The minimum absolute atomic E-state index is 0.0538. The van der Waals surface area contributed by atoms with Gasteiger partial charge in [-0.2, -0.15) is 5.10 Å². The molecule has 2 amide bonds. The maximum Gasteiger partial charge on any atom is 0.291 e. The Balaban J connectivity index is 1.77. The Morgan fingerprint density at radius 3 is 2.73 bits per heavy atom. The van der Waals surface area contributed by atoms with E-state index < -0.39 is 5.91 Å². The molecule has 0 atom stereocenters. The lowest BCUT2D eigenvalue weighted by molar-refractivity contribution is -0.120. The summed E-state index contributed by atoms with van der Waals surface area (Å²) >= 11 is 0. The van der Waals surface area contributed by atoms with E-state index in [0.717, 1.165) is 12.8 Å². The van der Waals surface area contributed by atoms with E-state index >= 15 is 0 Å². The van der Waals surface area contributed by atoms with Crippen LogP contribution in [0.4, 0.5) is 0 Å². The van der Waals surface area contributed by atoms with Crippen LogP contribution in [0.2, 0.25) is 0 Å². The molecule has 0 spiro atoms. The quantitative estimate of drug-likeness (QED) is 0.635. The second-order valence-corrected chi connectivity index (χ2v) is 5.46. The predicted octanol–water partition coefficient (Wildman–Crippen LogP) is 1.42. The van der Waals surface area contributed by atoms with Crippen LogP contribution in [0.1, 0.15) is 55.9 Å².